The van der Waals surface area contributed by atoms with Gasteiger partial charge in [-0.2, -0.15) is 5.10 Å². The molecule has 1 aromatic carbocycles. The first-order valence-electron chi connectivity index (χ1n) is 8.63. The number of hydrogen-bond acceptors (Lipinski definition) is 3. The third-order valence-electron chi connectivity index (χ3n) is 4.83. The number of para-hydroxylation sites is 1. The van der Waals surface area contributed by atoms with Crippen molar-refractivity contribution in [3.8, 4) is 0 Å². The molecular weight excluding hydrogens is 316 g/mol. The summed E-state index contributed by atoms with van der Waals surface area (Å²) in [4.78, 5) is 30.2. The number of H-pyrrole nitrogens is 1. The molecule has 0 bridgehead atoms. The normalized spacial score (nSPS) is 17.8. The van der Waals surface area contributed by atoms with E-state index in [4.69, 9.17) is 0 Å². The largest absolute Gasteiger partial charge is 0.334 e. The Hall–Kier alpha value is -2.89. The van der Waals surface area contributed by atoms with Crippen LogP contribution in [0.5, 0.6) is 0 Å². The van der Waals surface area contributed by atoms with E-state index >= 15 is 0 Å². The minimum atomic E-state index is -0.327. The number of amides is 1. The molecule has 1 amide bonds. The lowest BCUT2D eigenvalue weighted by molar-refractivity contribution is 0.0582. The van der Waals surface area contributed by atoms with Crippen molar-refractivity contribution >= 4 is 16.8 Å². The monoisotopic (exact) mass is 336 g/mol. The maximum Gasteiger partial charge on any atom is 0.261 e. The van der Waals surface area contributed by atoms with Gasteiger partial charge in [-0.05, 0) is 42.8 Å². The standard InChI is InChI=1S/C19H20N4O2/c24-18-16(12-14-6-1-2-8-17(14)21-18)19(25)23-11-4-3-7-15(23)13-22-10-5-9-20-22/h1-2,5-6,8-10,12,15H,3-4,7,11,13H2,(H,21,24)/t15-/m1/s1. The second-order valence-corrected chi connectivity index (χ2v) is 6.48. The molecule has 1 fully saturated rings. The van der Waals surface area contributed by atoms with Crippen molar-refractivity contribution in [2.24, 2.45) is 0 Å². The summed E-state index contributed by atoms with van der Waals surface area (Å²) in [5, 5.41) is 5.11. The maximum absolute atomic E-state index is 13.1. The van der Waals surface area contributed by atoms with Crippen molar-refractivity contribution in [2.45, 2.75) is 31.8 Å². The smallest absolute Gasteiger partial charge is 0.261 e. The second kappa shape index (κ2) is 6.55. The van der Waals surface area contributed by atoms with E-state index < -0.39 is 0 Å². The average molecular weight is 336 g/mol. The molecule has 2 aromatic heterocycles. The molecule has 1 aliphatic rings. The van der Waals surface area contributed by atoms with Crippen molar-refractivity contribution in [3.63, 3.8) is 0 Å². The highest BCUT2D eigenvalue weighted by molar-refractivity contribution is 5.97. The topological polar surface area (TPSA) is 71.0 Å². The van der Waals surface area contributed by atoms with E-state index in [9.17, 15) is 9.59 Å². The fourth-order valence-corrected chi connectivity index (χ4v) is 3.54. The molecule has 128 valence electrons. The quantitative estimate of drug-likeness (QED) is 0.798. The Bertz CT molecular complexity index is 945. The number of aromatic amines is 1. The lowest BCUT2D eigenvalue weighted by Gasteiger charge is -2.35. The Labute approximate surface area is 145 Å². The molecule has 0 radical (unpaired) electrons. The van der Waals surface area contributed by atoms with Crippen LogP contribution in [0.15, 0.2) is 53.6 Å². The summed E-state index contributed by atoms with van der Waals surface area (Å²) >= 11 is 0. The van der Waals surface area contributed by atoms with Crippen LogP contribution in [0.2, 0.25) is 0 Å². The number of carbonyl (C=O) groups excluding carboxylic acids is 1. The summed E-state index contributed by atoms with van der Waals surface area (Å²) in [7, 11) is 0. The number of piperidine rings is 1. The highest BCUT2D eigenvalue weighted by Crippen LogP contribution is 2.21. The number of nitrogens with zero attached hydrogens (tertiary/aromatic N) is 3. The molecule has 0 aliphatic carbocycles. The van der Waals surface area contributed by atoms with Crippen molar-refractivity contribution < 1.29 is 4.79 Å². The first kappa shape index (κ1) is 15.6. The van der Waals surface area contributed by atoms with Crippen LogP contribution < -0.4 is 5.56 Å². The average Bonchev–Trinajstić information content (AvgIpc) is 3.14. The van der Waals surface area contributed by atoms with Crippen LogP contribution >= 0.6 is 0 Å². The van der Waals surface area contributed by atoms with Gasteiger partial charge in [-0.15, -0.1) is 0 Å². The third-order valence-corrected chi connectivity index (χ3v) is 4.83. The number of fused-ring (bicyclic) bond motifs is 1. The Balaban J connectivity index is 1.66. The van der Waals surface area contributed by atoms with Crippen LogP contribution in [0.4, 0.5) is 0 Å². The van der Waals surface area contributed by atoms with Crippen LogP contribution in [0, 0.1) is 0 Å². The van der Waals surface area contributed by atoms with Gasteiger partial charge in [0.25, 0.3) is 11.5 Å². The summed E-state index contributed by atoms with van der Waals surface area (Å²) in [5.41, 5.74) is 0.633. The number of hydrogen-bond donors (Lipinski definition) is 1. The summed E-state index contributed by atoms with van der Waals surface area (Å²) in [6, 6.07) is 11.2. The molecule has 25 heavy (non-hydrogen) atoms. The van der Waals surface area contributed by atoms with Gasteiger partial charge in [0, 0.05) is 24.5 Å². The molecule has 4 rings (SSSR count). The van der Waals surface area contributed by atoms with E-state index in [0.717, 1.165) is 30.2 Å². The lowest BCUT2D eigenvalue weighted by atomic mass is 10.0. The number of rotatable bonds is 3. The minimum Gasteiger partial charge on any atom is -0.334 e. The molecular formula is C19H20N4O2. The molecule has 3 heterocycles. The van der Waals surface area contributed by atoms with Gasteiger partial charge < -0.3 is 9.88 Å². The van der Waals surface area contributed by atoms with Crippen molar-refractivity contribution in [3.05, 3.63) is 64.7 Å². The molecule has 0 saturated carbocycles. The highest BCUT2D eigenvalue weighted by Gasteiger charge is 2.29. The lowest BCUT2D eigenvalue weighted by Crippen LogP contribution is -2.47. The van der Waals surface area contributed by atoms with E-state index in [1.165, 1.54) is 0 Å². The molecule has 3 aromatic rings. The predicted molar refractivity (Wildman–Crippen MR) is 95.5 cm³/mol. The third kappa shape index (κ3) is 3.07. The number of pyridine rings is 1. The molecule has 1 N–H and O–H groups in total. The molecule has 6 heteroatoms. The Morgan fingerprint density at radius 1 is 1.24 bits per heavy atom. The minimum absolute atomic E-state index is 0.0621. The summed E-state index contributed by atoms with van der Waals surface area (Å²) < 4.78 is 1.85. The van der Waals surface area contributed by atoms with E-state index in [0.29, 0.717) is 13.1 Å². The Kier molecular flexibility index (Phi) is 4.09. The molecule has 1 aliphatic heterocycles. The highest BCUT2D eigenvalue weighted by atomic mass is 16.2. The number of benzene rings is 1. The fraction of sp³-hybridized carbons (Fsp3) is 0.316. The van der Waals surface area contributed by atoms with Crippen LogP contribution in [0.25, 0.3) is 10.9 Å². The van der Waals surface area contributed by atoms with Gasteiger partial charge in [-0.25, -0.2) is 0 Å². The van der Waals surface area contributed by atoms with Crippen LogP contribution in [-0.2, 0) is 6.54 Å². The van der Waals surface area contributed by atoms with E-state index in [1.54, 1.807) is 12.3 Å². The van der Waals surface area contributed by atoms with Gasteiger partial charge in [0.2, 0.25) is 0 Å². The maximum atomic E-state index is 13.1. The van der Waals surface area contributed by atoms with Gasteiger partial charge in [0.1, 0.15) is 5.56 Å². The SMILES string of the molecule is O=C(c1cc2ccccc2[nH]c1=O)N1CCCC[C@@H]1Cn1cccn1. The zero-order valence-corrected chi connectivity index (χ0v) is 13.9. The summed E-state index contributed by atoms with van der Waals surface area (Å²) in [6.07, 6.45) is 6.62. The second-order valence-electron chi connectivity index (χ2n) is 6.48. The Morgan fingerprint density at radius 2 is 2.12 bits per heavy atom. The van der Waals surface area contributed by atoms with E-state index in [1.807, 2.05) is 46.1 Å². The molecule has 1 atom stereocenters. The van der Waals surface area contributed by atoms with Gasteiger partial charge in [-0.3, -0.25) is 14.3 Å². The zero-order valence-electron chi connectivity index (χ0n) is 13.9. The molecule has 6 nitrogen and oxygen atoms in total. The van der Waals surface area contributed by atoms with Crippen molar-refractivity contribution in [2.75, 3.05) is 6.54 Å². The number of carbonyl (C=O) groups is 1. The van der Waals surface area contributed by atoms with Crippen LogP contribution in [0.3, 0.4) is 0 Å². The van der Waals surface area contributed by atoms with Gasteiger partial charge in [0.05, 0.1) is 12.6 Å². The van der Waals surface area contributed by atoms with Crippen molar-refractivity contribution in [1.82, 2.24) is 19.7 Å². The first-order chi connectivity index (χ1) is 12.2. The fourth-order valence-electron chi connectivity index (χ4n) is 3.54. The van der Waals surface area contributed by atoms with Gasteiger partial charge >= 0.3 is 0 Å². The Morgan fingerprint density at radius 3 is 2.96 bits per heavy atom. The van der Waals surface area contributed by atoms with Gasteiger partial charge in [0.15, 0.2) is 0 Å². The van der Waals surface area contributed by atoms with Crippen molar-refractivity contribution in [1.29, 1.82) is 0 Å². The molecule has 0 spiro atoms. The molecule has 1 saturated heterocycles. The zero-order chi connectivity index (χ0) is 17.2. The predicted octanol–water partition coefficient (Wildman–Crippen LogP) is 2.42. The molecule has 0 unspecified atom stereocenters. The number of likely N-dealkylation sites (tertiary alicyclic amines) is 1. The number of aromatic nitrogens is 3. The first-order valence-corrected chi connectivity index (χ1v) is 8.63. The number of nitrogens with one attached hydrogen (secondary N) is 1. The summed E-state index contributed by atoms with van der Waals surface area (Å²) in [5.74, 6) is -0.191. The van der Waals surface area contributed by atoms with E-state index in [2.05, 4.69) is 10.1 Å². The summed E-state index contributed by atoms with van der Waals surface area (Å²) in [6.45, 7) is 1.33. The van der Waals surface area contributed by atoms with E-state index in [-0.39, 0.29) is 23.1 Å². The van der Waals surface area contributed by atoms with Gasteiger partial charge in [-0.1, -0.05) is 18.2 Å². The van der Waals surface area contributed by atoms with Crippen LogP contribution in [0.1, 0.15) is 29.6 Å². The van der Waals surface area contributed by atoms with Crippen LogP contribution in [-0.4, -0.2) is 38.2 Å².